The Morgan fingerprint density at radius 3 is 2.27 bits per heavy atom. The molecule has 12 heteroatoms. The summed E-state index contributed by atoms with van der Waals surface area (Å²) in [6.45, 7) is 1.51. The number of nitrogens with zero attached hydrogens (tertiary/aromatic N) is 2. The summed E-state index contributed by atoms with van der Waals surface area (Å²) in [4.78, 5) is 33.1. The quantitative estimate of drug-likeness (QED) is 0.442. The van der Waals surface area contributed by atoms with E-state index in [2.05, 4.69) is 34.1 Å². The molecule has 3 N–H and O–H groups in total. The lowest BCUT2D eigenvalue weighted by atomic mass is 10.1. The third-order valence-corrected chi connectivity index (χ3v) is 5.23. The lowest BCUT2D eigenvalue weighted by molar-refractivity contribution is -0.192. The van der Waals surface area contributed by atoms with E-state index in [4.69, 9.17) is 14.6 Å². The largest absolute Gasteiger partial charge is 0.490 e. The van der Waals surface area contributed by atoms with Crippen LogP contribution in [0.15, 0.2) is 66.9 Å². The van der Waals surface area contributed by atoms with Gasteiger partial charge >= 0.3 is 12.1 Å². The van der Waals surface area contributed by atoms with Gasteiger partial charge in [0.2, 0.25) is 5.91 Å². The molecule has 0 bridgehead atoms. The molecule has 2 aromatic carbocycles. The number of ether oxygens (including phenoxy) is 1. The molecule has 0 aliphatic carbocycles. The van der Waals surface area contributed by atoms with E-state index < -0.39 is 12.1 Å². The van der Waals surface area contributed by atoms with Crippen molar-refractivity contribution in [1.29, 1.82) is 0 Å². The van der Waals surface area contributed by atoms with Crippen molar-refractivity contribution in [1.82, 2.24) is 20.4 Å². The zero-order valence-electron chi connectivity index (χ0n) is 19.6. The minimum Gasteiger partial charge on any atom is -0.475 e. The number of carbonyl (C=O) groups is 3. The number of alkyl halides is 3. The van der Waals surface area contributed by atoms with E-state index in [0.29, 0.717) is 25.3 Å². The van der Waals surface area contributed by atoms with Crippen molar-refractivity contribution >= 4 is 17.8 Å². The van der Waals surface area contributed by atoms with Crippen LogP contribution in [0.2, 0.25) is 0 Å². The Labute approximate surface area is 210 Å². The molecule has 1 aliphatic heterocycles. The van der Waals surface area contributed by atoms with E-state index in [1.165, 1.54) is 5.56 Å². The Kier molecular flexibility index (Phi) is 9.39. The van der Waals surface area contributed by atoms with Crippen molar-refractivity contribution < 1.29 is 37.4 Å². The first kappa shape index (κ1) is 27.4. The monoisotopic (exact) mass is 518 g/mol. The van der Waals surface area contributed by atoms with Crippen LogP contribution in [-0.2, 0) is 27.3 Å². The summed E-state index contributed by atoms with van der Waals surface area (Å²) in [6, 6.07) is 19.0. The molecule has 0 radical (unpaired) electrons. The van der Waals surface area contributed by atoms with E-state index >= 15 is 0 Å². The zero-order chi connectivity index (χ0) is 26.8. The first-order valence-electron chi connectivity index (χ1n) is 11.3. The molecule has 37 heavy (non-hydrogen) atoms. The summed E-state index contributed by atoms with van der Waals surface area (Å²) in [5.41, 5.74) is 3.71. The van der Waals surface area contributed by atoms with Gasteiger partial charge in [-0.2, -0.15) is 18.3 Å². The van der Waals surface area contributed by atoms with E-state index in [-0.39, 0.29) is 24.5 Å². The van der Waals surface area contributed by atoms with Crippen LogP contribution in [0, 0.1) is 0 Å². The van der Waals surface area contributed by atoms with E-state index in [9.17, 15) is 22.8 Å². The number of amides is 2. The van der Waals surface area contributed by atoms with E-state index in [0.717, 1.165) is 17.7 Å². The second-order valence-corrected chi connectivity index (χ2v) is 7.99. The molecular formula is C25H25F3N4O5. The first-order chi connectivity index (χ1) is 17.6. The van der Waals surface area contributed by atoms with Crippen LogP contribution in [0.3, 0.4) is 0 Å². The maximum Gasteiger partial charge on any atom is 0.490 e. The minimum absolute atomic E-state index is 0.0875. The summed E-state index contributed by atoms with van der Waals surface area (Å²) in [5, 5.41) is 17.3. The molecule has 196 valence electrons. The van der Waals surface area contributed by atoms with Gasteiger partial charge in [0, 0.05) is 18.3 Å². The second kappa shape index (κ2) is 12.7. The second-order valence-electron chi connectivity index (χ2n) is 7.99. The fourth-order valence-electron chi connectivity index (χ4n) is 3.46. The maximum absolute atomic E-state index is 12.2. The first-order valence-corrected chi connectivity index (χ1v) is 11.3. The molecule has 0 saturated heterocycles. The molecule has 2 amide bonds. The summed E-state index contributed by atoms with van der Waals surface area (Å²) >= 11 is 0. The number of carbonyl (C=O) groups excluding carboxylic acids is 2. The molecule has 9 nitrogen and oxygen atoms in total. The number of rotatable bonds is 7. The van der Waals surface area contributed by atoms with Gasteiger partial charge in [-0.3, -0.25) is 14.3 Å². The predicted molar refractivity (Wildman–Crippen MR) is 126 cm³/mol. The molecule has 4 rings (SSSR count). The Morgan fingerprint density at radius 1 is 1.03 bits per heavy atom. The number of carboxylic acids is 1. The van der Waals surface area contributed by atoms with Crippen LogP contribution in [-0.4, -0.2) is 58.5 Å². The normalized spacial score (nSPS) is 14.5. The van der Waals surface area contributed by atoms with Gasteiger partial charge in [0.15, 0.2) is 0 Å². The molecule has 0 saturated carbocycles. The summed E-state index contributed by atoms with van der Waals surface area (Å²) in [6.07, 6.45) is -2.51. The lowest BCUT2D eigenvalue weighted by Crippen LogP contribution is -2.39. The smallest absolute Gasteiger partial charge is 0.475 e. The van der Waals surface area contributed by atoms with E-state index in [1.807, 2.05) is 28.9 Å². The standard InChI is InChI=1S/C23H24N4O3.C2HF3O2/c28-21(14-25-23(29)18-9-5-2-6-10-18)24-13-20-22-19(11-12-30-20)16-27(26-22)15-17-7-3-1-4-8-17;3-2(4,5)1(6)7/h1-10,16,20H,11-15H2,(H,24,28)(H,25,29);(H,6,7). The molecule has 3 aromatic rings. The summed E-state index contributed by atoms with van der Waals surface area (Å²) < 4.78 is 39.5. The lowest BCUT2D eigenvalue weighted by Gasteiger charge is -2.22. The van der Waals surface area contributed by atoms with Crippen LogP contribution in [0.25, 0.3) is 0 Å². The highest BCUT2D eigenvalue weighted by Crippen LogP contribution is 2.25. The highest BCUT2D eigenvalue weighted by atomic mass is 19.4. The highest BCUT2D eigenvalue weighted by Gasteiger charge is 2.38. The number of carboxylic acid groups (broad SMARTS) is 1. The summed E-state index contributed by atoms with van der Waals surface area (Å²) in [7, 11) is 0. The summed E-state index contributed by atoms with van der Waals surface area (Å²) in [5.74, 6) is -3.30. The number of nitrogens with one attached hydrogen (secondary N) is 2. The van der Waals surface area contributed by atoms with E-state index in [1.54, 1.807) is 24.3 Å². The third-order valence-electron chi connectivity index (χ3n) is 5.23. The number of aromatic nitrogens is 2. The fraction of sp³-hybridized carbons (Fsp3) is 0.280. The third kappa shape index (κ3) is 8.46. The van der Waals surface area contributed by atoms with Gasteiger partial charge in [-0.05, 0) is 29.7 Å². The molecule has 0 fully saturated rings. The molecule has 1 unspecified atom stereocenters. The van der Waals surface area contributed by atoms with Crippen molar-refractivity contribution in [2.75, 3.05) is 19.7 Å². The van der Waals surface area contributed by atoms with Gasteiger partial charge in [0.1, 0.15) is 6.10 Å². The topological polar surface area (TPSA) is 123 Å². The zero-order valence-corrected chi connectivity index (χ0v) is 19.6. The van der Waals surface area contributed by atoms with Crippen molar-refractivity contribution in [2.24, 2.45) is 0 Å². The average molecular weight is 518 g/mol. The number of aliphatic carboxylic acids is 1. The van der Waals surface area contributed by atoms with Crippen LogP contribution >= 0.6 is 0 Å². The van der Waals surface area contributed by atoms with Crippen molar-refractivity contribution in [2.45, 2.75) is 25.2 Å². The molecule has 1 atom stereocenters. The fourth-order valence-corrected chi connectivity index (χ4v) is 3.46. The van der Waals surface area contributed by atoms with Crippen LogP contribution < -0.4 is 10.6 Å². The van der Waals surface area contributed by atoms with Crippen molar-refractivity contribution in [3.05, 3.63) is 89.2 Å². The van der Waals surface area contributed by atoms with Crippen molar-refractivity contribution in [3.8, 4) is 0 Å². The number of hydrogen-bond acceptors (Lipinski definition) is 5. The number of hydrogen-bond donors (Lipinski definition) is 3. The van der Waals surface area contributed by atoms with Crippen molar-refractivity contribution in [3.63, 3.8) is 0 Å². The maximum atomic E-state index is 12.2. The average Bonchev–Trinajstić information content (AvgIpc) is 3.30. The van der Waals surface area contributed by atoms with Gasteiger partial charge in [0.05, 0.1) is 25.4 Å². The Hall–Kier alpha value is -4.19. The van der Waals surface area contributed by atoms with Gasteiger partial charge in [-0.25, -0.2) is 4.79 Å². The number of halogens is 3. The Morgan fingerprint density at radius 2 is 1.65 bits per heavy atom. The van der Waals surface area contributed by atoms with Gasteiger partial charge in [-0.1, -0.05) is 48.5 Å². The van der Waals surface area contributed by atoms with Gasteiger partial charge in [-0.15, -0.1) is 0 Å². The van der Waals surface area contributed by atoms with Crippen LogP contribution in [0.5, 0.6) is 0 Å². The Bertz CT molecular complexity index is 1200. The van der Waals surface area contributed by atoms with Crippen LogP contribution in [0.1, 0.15) is 33.3 Å². The molecule has 0 spiro atoms. The molecule has 1 aliphatic rings. The van der Waals surface area contributed by atoms with Gasteiger partial charge in [0.25, 0.3) is 5.91 Å². The highest BCUT2D eigenvalue weighted by molar-refractivity contribution is 5.96. The molecule has 1 aromatic heterocycles. The SMILES string of the molecule is O=C(CNC(=O)c1ccccc1)NCC1OCCc2cn(Cc3ccccc3)nc21.O=C(O)C(F)(F)F. The van der Waals surface area contributed by atoms with Gasteiger partial charge < -0.3 is 20.5 Å². The molecule has 2 heterocycles. The molecular weight excluding hydrogens is 493 g/mol. The predicted octanol–water partition coefficient (Wildman–Crippen LogP) is 2.72. The van der Waals surface area contributed by atoms with Crippen LogP contribution in [0.4, 0.5) is 13.2 Å². The number of benzene rings is 2. The number of fused-ring (bicyclic) bond motifs is 1. The Balaban J connectivity index is 0.000000479. The minimum atomic E-state index is -5.08.